The van der Waals surface area contributed by atoms with E-state index in [4.69, 9.17) is 0 Å². The zero-order valence-electron chi connectivity index (χ0n) is 7.92. The van der Waals surface area contributed by atoms with Crippen LogP contribution in [0.4, 0.5) is 0 Å². The van der Waals surface area contributed by atoms with Crippen molar-refractivity contribution in [1.29, 1.82) is 0 Å². The first kappa shape index (κ1) is 9.30. The third kappa shape index (κ3) is 1.68. The van der Waals surface area contributed by atoms with Crippen molar-refractivity contribution in [1.82, 2.24) is 4.90 Å². The van der Waals surface area contributed by atoms with Gasteiger partial charge in [-0.2, -0.15) is 0 Å². The summed E-state index contributed by atoms with van der Waals surface area (Å²) in [5.74, 6) is 0.655. The van der Waals surface area contributed by atoms with Crippen LogP contribution in [0.15, 0.2) is 12.7 Å². The minimum absolute atomic E-state index is 0.0891. The highest BCUT2D eigenvalue weighted by atomic mass is 16.2. The summed E-state index contributed by atoms with van der Waals surface area (Å²) in [5.41, 5.74) is 0. The first-order valence-corrected chi connectivity index (χ1v) is 4.60. The maximum absolute atomic E-state index is 11.3. The Morgan fingerprint density at radius 3 is 2.83 bits per heavy atom. The van der Waals surface area contributed by atoms with Gasteiger partial charge in [0.15, 0.2) is 0 Å². The van der Waals surface area contributed by atoms with Crippen LogP contribution in [-0.2, 0) is 4.79 Å². The van der Waals surface area contributed by atoms with Crippen LogP contribution in [0.5, 0.6) is 0 Å². The fourth-order valence-corrected chi connectivity index (χ4v) is 1.88. The van der Waals surface area contributed by atoms with E-state index < -0.39 is 0 Å². The molecule has 1 atom stereocenters. The minimum atomic E-state index is 0.0891. The number of hydrogen-bond donors (Lipinski definition) is 0. The Balaban J connectivity index is 2.63. The van der Waals surface area contributed by atoms with E-state index in [1.807, 2.05) is 4.90 Å². The highest BCUT2D eigenvalue weighted by molar-refractivity contribution is 5.87. The molecular formula is C10H17NO. The van der Waals surface area contributed by atoms with Gasteiger partial charge in [0.25, 0.3) is 0 Å². The third-order valence-corrected chi connectivity index (χ3v) is 2.53. The fourth-order valence-electron chi connectivity index (χ4n) is 1.88. The summed E-state index contributed by atoms with van der Waals surface area (Å²) in [6.45, 7) is 8.75. The summed E-state index contributed by atoms with van der Waals surface area (Å²) in [6, 6.07) is 0.440. The average Bonchev–Trinajstić information content (AvgIpc) is 2.50. The maximum Gasteiger partial charge on any atom is 0.246 e. The van der Waals surface area contributed by atoms with Gasteiger partial charge in [-0.15, -0.1) is 0 Å². The van der Waals surface area contributed by atoms with E-state index in [2.05, 4.69) is 20.4 Å². The van der Waals surface area contributed by atoms with Gasteiger partial charge in [-0.1, -0.05) is 20.4 Å². The lowest BCUT2D eigenvalue weighted by Gasteiger charge is -2.26. The lowest BCUT2D eigenvalue weighted by Crippen LogP contribution is -2.37. The number of rotatable bonds is 2. The second kappa shape index (κ2) is 3.74. The first-order chi connectivity index (χ1) is 5.66. The normalized spacial score (nSPS) is 23.2. The molecule has 0 N–H and O–H groups in total. The number of carbonyl (C=O) groups is 1. The molecule has 1 saturated heterocycles. The van der Waals surface area contributed by atoms with Crippen LogP contribution in [0.3, 0.4) is 0 Å². The van der Waals surface area contributed by atoms with Crippen molar-refractivity contribution in [3.05, 3.63) is 12.7 Å². The van der Waals surface area contributed by atoms with Crippen molar-refractivity contribution in [2.24, 2.45) is 5.92 Å². The van der Waals surface area contributed by atoms with E-state index in [-0.39, 0.29) is 5.91 Å². The molecule has 12 heavy (non-hydrogen) atoms. The fraction of sp³-hybridized carbons (Fsp3) is 0.700. The zero-order valence-corrected chi connectivity index (χ0v) is 7.92. The van der Waals surface area contributed by atoms with Crippen LogP contribution in [0.25, 0.3) is 0 Å². The van der Waals surface area contributed by atoms with Gasteiger partial charge < -0.3 is 4.90 Å². The van der Waals surface area contributed by atoms with Gasteiger partial charge in [0.2, 0.25) is 5.91 Å². The van der Waals surface area contributed by atoms with Crippen LogP contribution < -0.4 is 0 Å². The van der Waals surface area contributed by atoms with E-state index in [0.29, 0.717) is 12.0 Å². The predicted octanol–water partition coefficient (Wildman–Crippen LogP) is 1.82. The standard InChI is InChI=1S/C10H17NO/c1-4-10(12)11-7-5-6-9(11)8(2)3/h4,8-9H,1,5-7H2,2-3H3/t9-/m1/s1. The molecule has 0 aromatic rings. The number of nitrogens with zero attached hydrogens (tertiary/aromatic N) is 1. The lowest BCUT2D eigenvalue weighted by atomic mass is 10.0. The average molecular weight is 167 g/mol. The predicted molar refractivity (Wildman–Crippen MR) is 49.8 cm³/mol. The van der Waals surface area contributed by atoms with Gasteiger partial charge in [-0.05, 0) is 24.8 Å². The molecule has 68 valence electrons. The molecule has 1 fully saturated rings. The Morgan fingerprint density at radius 2 is 2.33 bits per heavy atom. The van der Waals surface area contributed by atoms with Gasteiger partial charge in [-0.3, -0.25) is 4.79 Å². The van der Waals surface area contributed by atoms with Crippen molar-refractivity contribution in [3.63, 3.8) is 0 Å². The van der Waals surface area contributed by atoms with E-state index in [9.17, 15) is 4.79 Å². The first-order valence-electron chi connectivity index (χ1n) is 4.60. The molecule has 2 heteroatoms. The largest absolute Gasteiger partial charge is 0.336 e. The number of amides is 1. The number of likely N-dealkylation sites (tertiary alicyclic amines) is 1. The van der Waals surface area contributed by atoms with Crippen molar-refractivity contribution >= 4 is 5.91 Å². The monoisotopic (exact) mass is 167 g/mol. The molecule has 1 rings (SSSR count). The van der Waals surface area contributed by atoms with Crippen molar-refractivity contribution < 1.29 is 4.79 Å². The van der Waals surface area contributed by atoms with E-state index in [0.717, 1.165) is 19.4 Å². The Kier molecular flexibility index (Phi) is 2.90. The highest BCUT2D eigenvalue weighted by Gasteiger charge is 2.28. The molecule has 0 aliphatic carbocycles. The Morgan fingerprint density at radius 1 is 1.67 bits per heavy atom. The summed E-state index contributed by atoms with van der Waals surface area (Å²) in [5, 5.41) is 0. The van der Waals surface area contributed by atoms with Gasteiger partial charge >= 0.3 is 0 Å². The maximum atomic E-state index is 11.3. The molecule has 0 unspecified atom stereocenters. The van der Waals surface area contributed by atoms with E-state index in [1.54, 1.807) is 0 Å². The molecule has 0 aromatic heterocycles. The van der Waals surface area contributed by atoms with Crippen LogP contribution in [-0.4, -0.2) is 23.4 Å². The van der Waals surface area contributed by atoms with E-state index >= 15 is 0 Å². The molecule has 0 aromatic carbocycles. The zero-order chi connectivity index (χ0) is 9.14. The quantitative estimate of drug-likeness (QED) is 0.574. The van der Waals surface area contributed by atoms with Gasteiger partial charge in [0.1, 0.15) is 0 Å². The molecule has 1 amide bonds. The summed E-state index contributed by atoms with van der Waals surface area (Å²) in [4.78, 5) is 13.3. The Labute approximate surface area is 74.2 Å². The molecule has 1 aliphatic rings. The van der Waals surface area contributed by atoms with Crippen molar-refractivity contribution in [3.8, 4) is 0 Å². The Hall–Kier alpha value is -0.790. The molecule has 1 heterocycles. The highest BCUT2D eigenvalue weighted by Crippen LogP contribution is 2.23. The van der Waals surface area contributed by atoms with Crippen molar-refractivity contribution in [2.45, 2.75) is 32.7 Å². The third-order valence-electron chi connectivity index (χ3n) is 2.53. The smallest absolute Gasteiger partial charge is 0.246 e. The topological polar surface area (TPSA) is 20.3 Å². The molecule has 2 nitrogen and oxygen atoms in total. The molecule has 0 radical (unpaired) electrons. The lowest BCUT2D eigenvalue weighted by molar-refractivity contribution is -0.127. The molecule has 0 bridgehead atoms. The van der Waals surface area contributed by atoms with Gasteiger partial charge in [0.05, 0.1) is 0 Å². The summed E-state index contributed by atoms with van der Waals surface area (Å²) < 4.78 is 0. The molecule has 0 spiro atoms. The second-order valence-electron chi connectivity index (χ2n) is 3.69. The summed E-state index contributed by atoms with van der Waals surface area (Å²) in [6.07, 6.45) is 3.71. The SMILES string of the molecule is C=CC(=O)N1CCC[C@@H]1C(C)C. The Bertz CT molecular complexity index is 186. The number of hydrogen-bond acceptors (Lipinski definition) is 1. The van der Waals surface area contributed by atoms with Crippen LogP contribution in [0.1, 0.15) is 26.7 Å². The second-order valence-corrected chi connectivity index (χ2v) is 3.69. The van der Waals surface area contributed by atoms with Gasteiger partial charge in [-0.25, -0.2) is 0 Å². The van der Waals surface area contributed by atoms with Crippen LogP contribution in [0, 0.1) is 5.92 Å². The molecule has 1 aliphatic heterocycles. The van der Waals surface area contributed by atoms with Gasteiger partial charge in [0, 0.05) is 12.6 Å². The molecular weight excluding hydrogens is 150 g/mol. The van der Waals surface area contributed by atoms with Crippen molar-refractivity contribution in [2.75, 3.05) is 6.54 Å². The minimum Gasteiger partial charge on any atom is -0.336 e. The van der Waals surface area contributed by atoms with E-state index in [1.165, 1.54) is 6.08 Å². The summed E-state index contributed by atoms with van der Waals surface area (Å²) in [7, 11) is 0. The van der Waals surface area contributed by atoms with Crippen LogP contribution >= 0.6 is 0 Å². The number of carbonyl (C=O) groups excluding carboxylic acids is 1. The van der Waals surface area contributed by atoms with Crippen LogP contribution in [0.2, 0.25) is 0 Å². The summed E-state index contributed by atoms with van der Waals surface area (Å²) >= 11 is 0. The molecule has 0 saturated carbocycles.